The van der Waals surface area contributed by atoms with E-state index in [1.54, 1.807) is 6.07 Å². The third-order valence-corrected chi connectivity index (χ3v) is 7.26. The first-order valence-electron chi connectivity index (χ1n) is 8.77. The summed E-state index contributed by atoms with van der Waals surface area (Å²) in [5, 5.41) is 9.16. The highest BCUT2D eigenvalue weighted by molar-refractivity contribution is 8.00. The topological polar surface area (TPSA) is 81.5 Å². The summed E-state index contributed by atoms with van der Waals surface area (Å²) in [6.07, 6.45) is 0. The number of hydrogen-bond acceptors (Lipinski definition) is 5. The molecule has 0 atom stereocenters. The number of rotatable bonds is 4. The molecule has 0 N–H and O–H groups in total. The van der Waals surface area contributed by atoms with Crippen LogP contribution in [0.15, 0.2) is 58.3 Å². The Labute approximate surface area is 175 Å². The van der Waals surface area contributed by atoms with Crippen LogP contribution in [0.2, 0.25) is 0 Å². The first kappa shape index (κ1) is 22.1. The summed E-state index contributed by atoms with van der Waals surface area (Å²) >= 11 is -0.359. The molecule has 2 aromatic carbocycles. The molecule has 0 spiro atoms. The molecule has 1 aliphatic rings. The van der Waals surface area contributed by atoms with Gasteiger partial charge in [0.25, 0.3) is 5.91 Å². The molecular formula is C19H16F3N3O3S2. The predicted octanol–water partition coefficient (Wildman–Crippen LogP) is 3.32. The number of hydrogen-bond donors (Lipinski definition) is 0. The molecule has 0 bridgehead atoms. The van der Waals surface area contributed by atoms with Gasteiger partial charge in [-0.1, -0.05) is 24.3 Å². The zero-order chi connectivity index (χ0) is 21.9. The SMILES string of the molecule is N#Cc1ccccc1S(=O)(=O)N1CCN(C(=O)c2ccccc2SC(F)(F)F)CC1. The molecule has 1 heterocycles. The molecule has 0 saturated carbocycles. The van der Waals surface area contributed by atoms with Crippen LogP contribution in [0.1, 0.15) is 15.9 Å². The van der Waals surface area contributed by atoms with Crippen molar-refractivity contribution in [3.63, 3.8) is 0 Å². The van der Waals surface area contributed by atoms with E-state index in [0.29, 0.717) is 0 Å². The molecule has 6 nitrogen and oxygen atoms in total. The Kier molecular flexibility index (Phi) is 6.40. The lowest BCUT2D eigenvalue weighted by atomic mass is 10.2. The maximum absolute atomic E-state index is 12.9. The minimum absolute atomic E-state index is 0.0223. The number of halogens is 3. The largest absolute Gasteiger partial charge is 0.446 e. The Morgan fingerprint density at radius 2 is 1.60 bits per heavy atom. The lowest BCUT2D eigenvalue weighted by molar-refractivity contribution is -0.0328. The summed E-state index contributed by atoms with van der Waals surface area (Å²) in [7, 11) is -3.93. The number of alkyl halides is 3. The summed E-state index contributed by atoms with van der Waals surface area (Å²) in [6.45, 7) is 0.000435. The first-order valence-corrected chi connectivity index (χ1v) is 11.0. The Balaban J connectivity index is 1.75. The quantitative estimate of drug-likeness (QED) is 0.661. The zero-order valence-electron chi connectivity index (χ0n) is 15.5. The number of carbonyl (C=O) groups is 1. The van der Waals surface area contributed by atoms with E-state index < -0.39 is 21.4 Å². The van der Waals surface area contributed by atoms with Crippen molar-refractivity contribution in [2.45, 2.75) is 15.3 Å². The summed E-state index contributed by atoms with van der Waals surface area (Å²) in [4.78, 5) is 13.8. The second kappa shape index (κ2) is 8.67. The maximum Gasteiger partial charge on any atom is 0.446 e. The molecule has 0 aromatic heterocycles. The Bertz CT molecular complexity index is 1090. The smallest absolute Gasteiger partial charge is 0.336 e. The van der Waals surface area contributed by atoms with Crippen molar-refractivity contribution in [2.24, 2.45) is 0 Å². The minimum atomic E-state index is -4.53. The van der Waals surface area contributed by atoms with Crippen LogP contribution < -0.4 is 0 Å². The van der Waals surface area contributed by atoms with E-state index in [9.17, 15) is 26.4 Å². The number of piperazine rings is 1. The monoisotopic (exact) mass is 455 g/mol. The molecule has 1 fully saturated rings. The highest BCUT2D eigenvalue weighted by Gasteiger charge is 2.34. The average Bonchev–Trinajstić information content (AvgIpc) is 2.72. The van der Waals surface area contributed by atoms with Crippen molar-refractivity contribution < 1.29 is 26.4 Å². The van der Waals surface area contributed by atoms with Gasteiger partial charge in [0.2, 0.25) is 10.0 Å². The van der Waals surface area contributed by atoms with E-state index in [1.165, 1.54) is 51.7 Å². The average molecular weight is 455 g/mol. The van der Waals surface area contributed by atoms with E-state index in [1.807, 2.05) is 6.07 Å². The van der Waals surface area contributed by atoms with Crippen molar-refractivity contribution in [3.8, 4) is 6.07 Å². The van der Waals surface area contributed by atoms with E-state index in [4.69, 9.17) is 5.26 Å². The molecule has 2 aromatic rings. The summed E-state index contributed by atoms with van der Waals surface area (Å²) in [6, 6.07) is 13.1. The summed E-state index contributed by atoms with van der Waals surface area (Å²) in [5.74, 6) is -0.586. The fourth-order valence-corrected chi connectivity index (χ4v) is 5.31. The molecule has 0 aliphatic carbocycles. The second-order valence-corrected chi connectivity index (χ2v) is 9.36. The molecule has 30 heavy (non-hydrogen) atoms. The molecule has 3 rings (SSSR count). The van der Waals surface area contributed by atoms with Gasteiger partial charge in [0, 0.05) is 31.1 Å². The van der Waals surface area contributed by atoms with Gasteiger partial charge in [-0.25, -0.2) is 8.42 Å². The third-order valence-electron chi connectivity index (χ3n) is 4.49. The molecule has 11 heteroatoms. The highest BCUT2D eigenvalue weighted by atomic mass is 32.2. The lowest BCUT2D eigenvalue weighted by Gasteiger charge is -2.34. The van der Waals surface area contributed by atoms with Crippen LogP contribution in [0.3, 0.4) is 0 Å². The van der Waals surface area contributed by atoms with Gasteiger partial charge < -0.3 is 4.90 Å². The van der Waals surface area contributed by atoms with Gasteiger partial charge >= 0.3 is 5.51 Å². The van der Waals surface area contributed by atoms with Gasteiger partial charge in [-0.3, -0.25) is 4.79 Å². The van der Waals surface area contributed by atoms with E-state index in [0.717, 1.165) is 0 Å². The number of amides is 1. The lowest BCUT2D eigenvalue weighted by Crippen LogP contribution is -2.50. The molecule has 1 saturated heterocycles. The van der Waals surface area contributed by atoms with Gasteiger partial charge in [-0.15, -0.1) is 0 Å². The van der Waals surface area contributed by atoms with Crippen LogP contribution in [-0.2, 0) is 10.0 Å². The van der Waals surface area contributed by atoms with E-state index >= 15 is 0 Å². The van der Waals surface area contributed by atoms with Gasteiger partial charge in [-0.2, -0.15) is 22.7 Å². The fraction of sp³-hybridized carbons (Fsp3) is 0.263. The van der Waals surface area contributed by atoms with Crippen molar-refractivity contribution in [3.05, 3.63) is 59.7 Å². The number of carbonyl (C=O) groups excluding carboxylic acids is 1. The van der Waals surface area contributed by atoms with E-state index in [-0.39, 0.29) is 58.9 Å². The predicted molar refractivity (Wildman–Crippen MR) is 104 cm³/mol. The van der Waals surface area contributed by atoms with Gasteiger partial charge in [0.05, 0.1) is 16.0 Å². The molecular weight excluding hydrogens is 439 g/mol. The molecule has 158 valence electrons. The van der Waals surface area contributed by atoms with E-state index in [2.05, 4.69) is 0 Å². The normalized spacial score (nSPS) is 15.6. The third kappa shape index (κ3) is 4.77. The van der Waals surface area contributed by atoms with Crippen LogP contribution in [0.25, 0.3) is 0 Å². The molecule has 1 aliphatic heterocycles. The van der Waals surface area contributed by atoms with Crippen molar-refractivity contribution in [2.75, 3.05) is 26.2 Å². The van der Waals surface area contributed by atoms with Crippen LogP contribution in [0.5, 0.6) is 0 Å². The highest BCUT2D eigenvalue weighted by Crippen LogP contribution is 2.38. The van der Waals surface area contributed by atoms with Crippen LogP contribution in [0, 0.1) is 11.3 Å². The number of sulfonamides is 1. The standard InChI is InChI=1S/C19H16F3N3O3S2/c20-19(21,22)29-16-7-3-2-6-15(16)18(26)24-9-11-25(12-10-24)30(27,28)17-8-4-1-5-14(17)13-23/h1-8H,9-12H2. The summed E-state index contributed by atoms with van der Waals surface area (Å²) < 4.78 is 65.2. The van der Waals surface area contributed by atoms with Gasteiger partial charge in [0.1, 0.15) is 6.07 Å². The van der Waals surface area contributed by atoms with Crippen molar-refractivity contribution >= 4 is 27.7 Å². The first-order chi connectivity index (χ1) is 14.1. The summed E-state index contributed by atoms with van der Waals surface area (Å²) in [5.41, 5.74) is -4.59. The number of thioether (sulfide) groups is 1. The zero-order valence-corrected chi connectivity index (χ0v) is 17.1. The second-order valence-electron chi connectivity index (χ2n) is 6.35. The number of nitrogens with zero attached hydrogens (tertiary/aromatic N) is 3. The van der Waals surface area contributed by atoms with Crippen LogP contribution >= 0.6 is 11.8 Å². The van der Waals surface area contributed by atoms with Gasteiger partial charge in [-0.05, 0) is 36.0 Å². The number of benzene rings is 2. The van der Waals surface area contributed by atoms with Gasteiger partial charge in [0.15, 0.2) is 0 Å². The van der Waals surface area contributed by atoms with Crippen LogP contribution in [-0.4, -0.2) is 55.2 Å². The van der Waals surface area contributed by atoms with Crippen molar-refractivity contribution in [1.29, 1.82) is 5.26 Å². The molecule has 1 amide bonds. The molecule has 0 unspecified atom stereocenters. The van der Waals surface area contributed by atoms with Crippen LogP contribution in [0.4, 0.5) is 13.2 Å². The van der Waals surface area contributed by atoms with Crippen molar-refractivity contribution in [1.82, 2.24) is 9.21 Å². The Morgan fingerprint density at radius 1 is 1.00 bits per heavy atom. The fourth-order valence-electron chi connectivity index (χ4n) is 3.08. The maximum atomic E-state index is 12.9. The molecule has 0 radical (unpaired) electrons. The Morgan fingerprint density at radius 3 is 2.23 bits per heavy atom. The Hall–Kier alpha value is -2.55. The number of nitriles is 1. The minimum Gasteiger partial charge on any atom is -0.336 e.